The van der Waals surface area contributed by atoms with Gasteiger partial charge in [0.15, 0.2) is 11.5 Å². The number of hydrogen-bond acceptors (Lipinski definition) is 3. The SMILES string of the molecule is CCCC/C(=C(/OC)C1=CCCCO1)c1oc(-c2ccccc2)c2ccccc12. The molecular formula is C26H28O3. The standard InChI is InChI=1S/C26H28O3/c1-3-4-14-22(26(27-2)23-17-10-11-18-28-23)25-21-16-9-8-15-20(21)24(29-25)19-12-6-5-7-13-19/h5-9,12-13,15-17H,3-4,10-11,14,18H2,1-2H3/b26-22-. The van der Waals surface area contributed by atoms with Crippen molar-refractivity contribution < 1.29 is 13.9 Å². The van der Waals surface area contributed by atoms with Gasteiger partial charge in [-0.2, -0.15) is 0 Å². The molecule has 0 bridgehead atoms. The molecule has 4 rings (SSSR count). The summed E-state index contributed by atoms with van der Waals surface area (Å²) >= 11 is 0. The summed E-state index contributed by atoms with van der Waals surface area (Å²) in [5.41, 5.74) is 2.16. The molecular weight excluding hydrogens is 360 g/mol. The molecule has 3 heteroatoms. The first-order chi connectivity index (χ1) is 14.3. The lowest BCUT2D eigenvalue weighted by molar-refractivity contribution is 0.162. The molecule has 2 aromatic carbocycles. The Kier molecular flexibility index (Phi) is 6.04. The molecule has 29 heavy (non-hydrogen) atoms. The fraction of sp³-hybridized carbons (Fsp3) is 0.308. The number of rotatable bonds is 7. The number of hydrogen-bond donors (Lipinski definition) is 0. The van der Waals surface area contributed by atoms with E-state index in [0.29, 0.717) is 0 Å². The Morgan fingerprint density at radius 1 is 1.00 bits per heavy atom. The van der Waals surface area contributed by atoms with Gasteiger partial charge in [-0.05, 0) is 31.8 Å². The summed E-state index contributed by atoms with van der Waals surface area (Å²) in [5, 5.41) is 2.24. The normalized spacial score (nSPS) is 14.9. The molecule has 3 aromatic rings. The topological polar surface area (TPSA) is 31.6 Å². The fourth-order valence-corrected chi connectivity index (χ4v) is 3.89. The summed E-state index contributed by atoms with van der Waals surface area (Å²) in [6, 6.07) is 18.7. The summed E-state index contributed by atoms with van der Waals surface area (Å²) in [5.74, 6) is 3.43. The second kappa shape index (κ2) is 9.04. The minimum atomic E-state index is 0.730. The first kappa shape index (κ1) is 19.4. The van der Waals surface area contributed by atoms with Crippen molar-refractivity contribution in [3.05, 3.63) is 78.0 Å². The van der Waals surface area contributed by atoms with Crippen molar-refractivity contribution in [2.45, 2.75) is 39.0 Å². The molecule has 0 N–H and O–H groups in total. The molecule has 0 fully saturated rings. The maximum atomic E-state index is 6.56. The van der Waals surface area contributed by atoms with Crippen LogP contribution in [0.15, 0.2) is 76.6 Å². The molecule has 1 aliphatic heterocycles. The second-order valence-corrected chi connectivity index (χ2v) is 7.35. The van der Waals surface area contributed by atoms with Gasteiger partial charge >= 0.3 is 0 Å². The number of allylic oxidation sites excluding steroid dienone is 2. The van der Waals surface area contributed by atoms with Gasteiger partial charge in [-0.1, -0.05) is 67.9 Å². The molecule has 0 unspecified atom stereocenters. The lowest BCUT2D eigenvalue weighted by Gasteiger charge is -2.20. The van der Waals surface area contributed by atoms with Gasteiger partial charge in [0.1, 0.15) is 11.5 Å². The predicted molar refractivity (Wildman–Crippen MR) is 118 cm³/mol. The van der Waals surface area contributed by atoms with Crippen molar-refractivity contribution in [1.82, 2.24) is 0 Å². The van der Waals surface area contributed by atoms with E-state index < -0.39 is 0 Å². The van der Waals surface area contributed by atoms with E-state index in [4.69, 9.17) is 13.9 Å². The minimum Gasteiger partial charge on any atom is -0.492 e. The van der Waals surface area contributed by atoms with E-state index >= 15 is 0 Å². The van der Waals surface area contributed by atoms with Crippen molar-refractivity contribution in [1.29, 1.82) is 0 Å². The van der Waals surface area contributed by atoms with Crippen LogP contribution in [0.25, 0.3) is 27.7 Å². The van der Waals surface area contributed by atoms with Crippen LogP contribution in [0.5, 0.6) is 0 Å². The van der Waals surface area contributed by atoms with Crippen LogP contribution >= 0.6 is 0 Å². The first-order valence-corrected chi connectivity index (χ1v) is 10.5. The molecule has 0 amide bonds. The number of unbranched alkanes of at least 4 members (excludes halogenated alkanes) is 1. The van der Waals surface area contributed by atoms with Gasteiger partial charge < -0.3 is 13.9 Å². The Balaban J connectivity index is 1.93. The summed E-state index contributed by atoms with van der Waals surface area (Å²) in [6.45, 7) is 2.93. The van der Waals surface area contributed by atoms with E-state index in [1.165, 1.54) is 0 Å². The Hall–Kier alpha value is -2.94. The van der Waals surface area contributed by atoms with Crippen LogP contribution in [0, 0.1) is 0 Å². The minimum absolute atomic E-state index is 0.730. The second-order valence-electron chi connectivity index (χ2n) is 7.35. The highest BCUT2D eigenvalue weighted by molar-refractivity contribution is 6.01. The molecule has 0 atom stereocenters. The monoisotopic (exact) mass is 388 g/mol. The first-order valence-electron chi connectivity index (χ1n) is 10.5. The van der Waals surface area contributed by atoms with Gasteiger partial charge in [0.25, 0.3) is 0 Å². The number of ether oxygens (including phenoxy) is 2. The summed E-state index contributed by atoms with van der Waals surface area (Å²) in [7, 11) is 1.73. The Morgan fingerprint density at radius 2 is 1.76 bits per heavy atom. The van der Waals surface area contributed by atoms with Crippen LogP contribution in [0.2, 0.25) is 0 Å². The van der Waals surface area contributed by atoms with E-state index in [1.54, 1.807) is 7.11 Å². The predicted octanol–water partition coefficient (Wildman–Crippen LogP) is 7.34. The van der Waals surface area contributed by atoms with Gasteiger partial charge in [-0.15, -0.1) is 0 Å². The molecule has 1 aliphatic rings. The van der Waals surface area contributed by atoms with Crippen LogP contribution in [0.1, 0.15) is 44.8 Å². The molecule has 150 valence electrons. The van der Waals surface area contributed by atoms with Crippen LogP contribution in [0.4, 0.5) is 0 Å². The quantitative estimate of drug-likeness (QED) is 0.397. The van der Waals surface area contributed by atoms with Crippen molar-refractivity contribution in [2.75, 3.05) is 13.7 Å². The molecule has 0 spiro atoms. The average molecular weight is 389 g/mol. The van der Waals surface area contributed by atoms with Crippen molar-refractivity contribution in [3.8, 4) is 11.3 Å². The largest absolute Gasteiger partial charge is 0.492 e. The van der Waals surface area contributed by atoms with Gasteiger partial charge in [-0.25, -0.2) is 0 Å². The van der Waals surface area contributed by atoms with Crippen molar-refractivity contribution in [3.63, 3.8) is 0 Å². The fourth-order valence-electron chi connectivity index (χ4n) is 3.89. The van der Waals surface area contributed by atoms with E-state index in [0.717, 1.165) is 83.7 Å². The maximum absolute atomic E-state index is 6.56. The number of methoxy groups -OCH3 is 1. The lowest BCUT2D eigenvalue weighted by Crippen LogP contribution is -2.07. The third kappa shape index (κ3) is 3.95. The van der Waals surface area contributed by atoms with Gasteiger partial charge in [-0.3, -0.25) is 0 Å². The third-order valence-corrected chi connectivity index (χ3v) is 5.35. The zero-order chi connectivity index (χ0) is 20.1. The van der Waals surface area contributed by atoms with Crippen molar-refractivity contribution in [2.24, 2.45) is 0 Å². The molecule has 2 heterocycles. The Morgan fingerprint density at radius 3 is 2.45 bits per heavy atom. The Bertz CT molecular complexity index is 1020. The Labute approximate surface area is 172 Å². The smallest absolute Gasteiger partial charge is 0.167 e. The van der Waals surface area contributed by atoms with Gasteiger partial charge in [0.05, 0.1) is 13.7 Å². The number of furan rings is 1. The molecule has 0 radical (unpaired) electrons. The van der Waals surface area contributed by atoms with Crippen LogP contribution in [-0.2, 0) is 9.47 Å². The van der Waals surface area contributed by atoms with Crippen molar-refractivity contribution >= 4 is 16.3 Å². The highest BCUT2D eigenvalue weighted by atomic mass is 16.5. The summed E-state index contributed by atoms with van der Waals surface area (Å²) in [6.07, 6.45) is 7.24. The molecule has 1 aromatic heterocycles. The van der Waals surface area contributed by atoms with E-state index in [-0.39, 0.29) is 0 Å². The van der Waals surface area contributed by atoms with Gasteiger partial charge in [0.2, 0.25) is 0 Å². The summed E-state index contributed by atoms with van der Waals surface area (Å²) < 4.78 is 18.4. The lowest BCUT2D eigenvalue weighted by atomic mass is 9.99. The number of benzene rings is 2. The molecule has 0 saturated carbocycles. The molecule has 0 saturated heterocycles. The van der Waals surface area contributed by atoms with E-state index in [9.17, 15) is 0 Å². The van der Waals surface area contributed by atoms with E-state index in [2.05, 4.69) is 49.4 Å². The molecule has 3 nitrogen and oxygen atoms in total. The summed E-state index contributed by atoms with van der Waals surface area (Å²) in [4.78, 5) is 0. The highest BCUT2D eigenvalue weighted by Gasteiger charge is 2.24. The average Bonchev–Trinajstić information content (AvgIpc) is 3.17. The maximum Gasteiger partial charge on any atom is 0.167 e. The zero-order valence-electron chi connectivity index (χ0n) is 17.2. The highest BCUT2D eigenvalue weighted by Crippen LogP contribution is 2.41. The zero-order valence-corrected chi connectivity index (χ0v) is 17.2. The van der Waals surface area contributed by atoms with Crippen LogP contribution < -0.4 is 0 Å². The molecule has 0 aliphatic carbocycles. The van der Waals surface area contributed by atoms with Gasteiger partial charge in [0, 0.05) is 21.9 Å². The van der Waals surface area contributed by atoms with Crippen LogP contribution in [0.3, 0.4) is 0 Å². The third-order valence-electron chi connectivity index (χ3n) is 5.35. The van der Waals surface area contributed by atoms with Crippen LogP contribution in [-0.4, -0.2) is 13.7 Å². The van der Waals surface area contributed by atoms with E-state index in [1.807, 2.05) is 18.2 Å². The number of fused-ring (bicyclic) bond motifs is 1.